The number of ether oxygens (including phenoxy) is 1. The van der Waals surface area contributed by atoms with Gasteiger partial charge in [0.1, 0.15) is 0 Å². The van der Waals surface area contributed by atoms with Crippen LogP contribution in [0.3, 0.4) is 0 Å². The average Bonchev–Trinajstić information content (AvgIpc) is 2.03. The van der Waals surface area contributed by atoms with Crippen LogP contribution < -0.4 is 22.5 Å². The number of quaternary nitrogens is 2. The molecule has 0 amide bonds. The van der Waals surface area contributed by atoms with Gasteiger partial charge in [0.25, 0.3) is 0 Å². The van der Waals surface area contributed by atoms with E-state index in [4.69, 9.17) is 0 Å². The maximum absolute atomic E-state index is 9.41. The zero-order valence-electron chi connectivity index (χ0n) is 9.19. The molecule has 0 heterocycles. The summed E-state index contributed by atoms with van der Waals surface area (Å²) in [5.74, 6) is -3.09. The van der Waals surface area contributed by atoms with Crippen molar-refractivity contribution in [1.82, 2.24) is 12.3 Å². The lowest BCUT2D eigenvalue weighted by Gasteiger charge is -1.90. The summed E-state index contributed by atoms with van der Waals surface area (Å²) < 4.78 is 4.60. The summed E-state index contributed by atoms with van der Waals surface area (Å²) in [6.07, 6.45) is 2.20. The van der Waals surface area contributed by atoms with Gasteiger partial charge in [0, 0.05) is 0 Å². The third-order valence-electron chi connectivity index (χ3n) is 0.640. The van der Waals surface area contributed by atoms with Crippen LogP contribution in [0.2, 0.25) is 0 Å². The highest BCUT2D eigenvalue weighted by atomic mass is 16.5. The van der Waals surface area contributed by atoms with Gasteiger partial charge >= 0.3 is 0 Å². The fraction of sp³-hybridized carbons (Fsp3) is 0.250. The zero-order valence-corrected chi connectivity index (χ0v) is 9.19. The third kappa shape index (κ3) is 47.2. The monoisotopic (exact) mass is 222 g/mol. The molecular formula is C8H18N2O5. The van der Waals surface area contributed by atoms with E-state index in [0.717, 1.165) is 6.61 Å². The Kier molecular flexibility index (Phi) is 27.9. The molecule has 0 unspecified atom stereocenters. The molecule has 8 N–H and O–H groups in total. The second-order valence-corrected chi connectivity index (χ2v) is 1.59. The van der Waals surface area contributed by atoms with Crippen LogP contribution in [-0.2, 0) is 14.3 Å². The van der Waals surface area contributed by atoms with Crippen molar-refractivity contribution in [2.75, 3.05) is 6.61 Å². The molecule has 0 aromatic carbocycles. The molecule has 0 aliphatic rings. The Balaban J connectivity index is -0.0000000770. The molecule has 0 radical (unpaired) electrons. The molecule has 90 valence electrons. The topological polar surface area (TPSA) is 162 Å². The smallest absolute Gasteiger partial charge is 0.0844 e. The van der Waals surface area contributed by atoms with Gasteiger partial charge in [-0.3, -0.25) is 0 Å². The maximum Gasteiger partial charge on any atom is 0.0844 e. The van der Waals surface area contributed by atoms with Crippen molar-refractivity contribution >= 4 is 11.9 Å². The van der Waals surface area contributed by atoms with Crippen molar-refractivity contribution in [3.8, 4) is 0 Å². The highest BCUT2D eigenvalue weighted by Crippen LogP contribution is 1.65. The largest absolute Gasteiger partial charge is 0.545 e. The zero-order chi connectivity index (χ0) is 10.7. The van der Waals surface area contributed by atoms with Gasteiger partial charge in [0.2, 0.25) is 0 Å². The first-order chi connectivity index (χ1) is 6.04. The van der Waals surface area contributed by atoms with Crippen LogP contribution in [0.25, 0.3) is 0 Å². The average molecular weight is 222 g/mol. The molecule has 0 saturated heterocycles. The van der Waals surface area contributed by atoms with E-state index in [1.807, 2.05) is 6.92 Å². The lowest BCUT2D eigenvalue weighted by Crippen LogP contribution is -2.23. The SMILES string of the molecule is C=COCC.O=C([O-])C=CC(=O)[O-].[NH4+].[NH4+]. The van der Waals surface area contributed by atoms with Crippen molar-refractivity contribution in [2.45, 2.75) is 6.92 Å². The molecule has 0 bridgehead atoms. The number of carboxylic acid groups (broad SMARTS) is 2. The van der Waals surface area contributed by atoms with Crippen LogP contribution in [0.1, 0.15) is 6.92 Å². The molecule has 0 aromatic rings. The summed E-state index contributed by atoms with van der Waals surface area (Å²) >= 11 is 0. The van der Waals surface area contributed by atoms with Gasteiger partial charge in [0.05, 0.1) is 24.8 Å². The highest BCUT2D eigenvalue weighted by Gasteiger charge is 1.71. The lowest BCUT2D eigenvalue weighted by atomic mass is 10.5. The van der Waals surface area contributed by atoms with Crippen molar-refractivity contribution in [3.63, 3.8) is 0 Å². The van der Waals surface area contributed by atoms with Gasteiger partial charge in [-0.1, -0.05) is 6.58 Å². The fourth-order valence-corrected chi connectivity index (χ4v) is 0.254. The maximum atomic E-state index is 9.41. The summed E-state index contributed by atoms with van der Waals surface area (Å²) in [7, 11) is 0. The Hall–Kier alpha value is -1.86. The molecule has 0 aliphatic heterocycles. The fourth-order valence-electron chi connectivity index (χ4n) is 0.254. The molecule has 0 rings (SSSR count). The van der Waals surface area contributed by atoms with E-state index in [2.05, 4.69) is 11.3 Å². The Morgan fingerprint density at radius 2 is 1.53 bits per heavy atom. The second-order valence-electron chi connectivity index (χ2n) is 1.59. The van der Waals surface area contributed by atoms with E-state index < -0.39 is 11.9 Å². The number of hydrogen-bond donors (Lipinski definition) is 2. The normalized spacial score (nSPS) is 7.27. The van der Waals surface area contributed by atoms with Gasteiger partial charge in [-0.05, 0) is 19.1 Å². The summed E-state index contributed by atoms with van der Waals surface area (Å²) in [4.78, 5) is 18.8. The number of hydrogen-bond acceptors (Lipinski definition) is 5. The van der Waals surface area contributed by atoms with Crippen LogP contribution in [0.15, 0.2) is 25.0 Å². The first-order valence-electron chi connectivity index (χ1n) is 3.37. The van der Waals surface area contributed by atoms with Crippen molar-refractivity contribution < 1.29 is 24.5 Å². The van der Waals surface area contributed by atoms with Crippen molar-refractivity contribution in [2.24, 2.45) is 0 Å². The van der Waals surface area contributed by atoms with Crippen LogP contribution in [0.5, 0.6) is 0 Å². The number of rotatable bonds is 4. The van der Waals surface area contributed by atoms with E-state index in [0.29, 0.717) is 12.2 Å². The standard InChI is InChI=1S/C4H4O4.C4H8O.2H3N/c5-3(6)1-2-4(7)8;1-3-5-4-2;;/h1-2H,(H,5,6)(H,7,8);3H,1,4H2,2H3;2*1H3. The minimum atomic E-state index is -1.55. The summed E-state index contributed by atoms with van der Waals surface area (Å²) in [5, 5.41) is 18.8. The molecule has 0 spiro atoms. The van der Waals surface area contributed by atoms with E-state index >= 15 is 0 Å². The van der Waals surface area contributed by atoms with Gasteiger partial charge in [-0.15, -0.1) is 0 Å². The number of carbonyl (C=O) groups is 2. The quantitative estimate of drug-likeness (QED) is 0.457. The van der Waals surface area contributed by atoms with Gasteiger partial charge in [-0.25, -0.2) is 0 Å². The Morgan fingerprint density at radius 3 is 1.60 bits per heavy atom. The molecular weight excluding hydrogens is 204 g/mol. The van der Waals surface area contributed by atoms with Gasteiger partial charge in [-0.2, -0.15) is 0 Å². The predicted octanol–water partition coefficient (Wildman–Crippen LogP) is -1.04. The number of carboxylic acids is 2. The molecule has 0 saturated carbocycles. The van der Waals surface area contributed by atoms with E-state index in [-0.39, 0.29) is 12.3 Å². The predicted molar refractivity (Wildman–Crippen MR) is 52.9 cm³/mol. The molecule has 0 aromatic heterocycles. The van der Waals surface area contributed by atoms with E-state index in [1.165, 1.54) is 6.26 Å². The Morgan fingerprint density at radius 1 is 1.20 bits per heavy atom. The Labute approximate surface area is 88.2 Å². The summed E-state index contributed by atoms with van der Waals surface area (Å²) in [6.45, 7) is 5.97. The summed E-state index contributed by atoms with van der Waals surface area (Å²) in [5.41, 5.74) is 0. The third-order valence-corrected chi connectivity index (χ3v) is 0.640. The minimum absolute atomic E-state index is 0. The minimum Gasteiger partial charge on any atom is -0.545 e. The molecule has 7 heteroatoms. The highest BCUT2D eigenvalue weighted by molar-refractivity contribution is 5.87. The molecule has 0 fully saturated rings. The molecule has 0 aliphatic carbocycles. The van der Waals surface area contributed by atoms with Crippen LogP contribution in [-0.4, -0.2) is 18.5 Å². The first kappa shape index (κ1) is 23.2. The second kappa shape index (κ2) is 18.0. The van der Waals surface area contributed by atoms with Crippen LogP contribution in [0.4, 0.5) is 0 Å². The number of aliphatic carboxylic acids is 2. The molecule has 15 heavy (non-hydrogen) atoms. The molecule has 7 nitrogen and oxygen atoms in total. The van der Waals surface area contributed by atoms with Crippen molar-refractivity contribution in [3.05, 3.63) is 25.0 Å². The van der Waals surface area contributed by atoms with E-state index in [9.17, 15) is 19.8 Å². The number of carbonyl (C=O) groups excluding carboxylic acids is 2. The van der Waals surface area contributed by atoms with E-state index in [1.54, 1.807) is 0 Å². The van der Waals surface area contributed by atoms with Gasteiger partial charge in [0.15, 0.2) is 0 Å². The first-order valence-corrected chi connectivity index (χ1v) is 3.37. The van der Waals surface area contributed by atoms with Crippen LogP contribution >= 0.6 is 0 Å². The van der Waals surface area contributed by atoms with Crippen molar-refractivity contribution in [1.29, 1.82) is 0 Å². The Bertz CT molecular complexity index is 187. The lowest BCUT2D eigenvalue weighted by molar-refractivity contribution is -0.301. The molecule has 0 atom stereocenters. The summed E-state index contributed by atoms with van der Waals surface area (Å²) in [6, 6.07) is 0. The van der Waals surface area contributed by atoms with Gasteiger partial charge < -0.3 is 36.8 Å². The van der Waals surface area contributed by atoms with Crippen LogP contribution in [0, 0.1) is 0 Å².